The average Bonchev–Trinajstić information content (AvgIpc) is 3.06. The van der Waals surface area contributed by atoms with Gasteiger partial charge in [-0.1, -0.05) is 30.3 Å². The van der Waals surface area contributed by atoms with E-state index in [2.05, 4.69) is 15.2 Å². The third-order valence-electron chi connectivity index (χ3n) is 4.01. The Bertz CT molecular complexity index is 770. The number of benzene rings is 1. The van der Waals surface area contributed by atoms with Gasteiger partial charge in [0.25, 0.3) is 0 Å². The highest BCUT2D eigenvalue weighted by Gasteiger charge is 2.11. The van der Waals surface area contributed by atoms with Crippen LogP contribution in [0, 0.1) is 0 Å². The standard InChI is InChI=1S/C18H21N5O/c1-22(12-10-16(24)14-6-4-3-5-7-14)17-9-8-15(20-21-17)18-19-11-13-23(18)2/h3-9,11,13,16,24H,10,12H2,1-2H3/t16-/m0/s1. The molecule has 0 saturated heterocycles. The number of hydrogen-bond acceptors (Lipinski definition) is 5. The SMILES string of the molecule is CN(CC[C@H](O)c1ccccc1)c1ccc(-c2nccn2C)nn1. The van der Waals surface area contributed by atoms with E-state index in [4.69, 9.17) is 0 Å². The van der Waals surface area contributed by atoms with E-state index in [0.717, 1.165) is 22.9 Å². The molecule has 1 atom stereocenters. The van der Waals surface area contributed by atoms with Crippen molar-refractivity contribution in [2.75, 3.05) is 18.5 Å². The molecule has 24 heavy (non-hydrogen) atoms. The zero-order chi connectivity index (χ0) is 16.9. The van der Waals surface area contributed by atoms with Crippen LogP contribution in [-0.4, -0.2) is 38.4 Å². The molecular weight excluding hydrogens is 302 g/mol. The molecule has 2 aromatic heterocycles. The summed E-state index contributed by atoms with van der Waals surface area (Å²) in [6.07, 6.45) is 3.77. The van der Waals surface area contributed by atoms with Crippen molar-refractivity contribution in [2.24, 2.45) is 7.05 Å². The third kappa shape index (κ3) is 3.60. The summed E-state index contributed by atoms with van der Waals surface area (Å²) in [5.74, 6) is 1.56. The second-order valence-electron chi connectivity index (χ2n) is 5.78. The number of nitrogens with zero attached hydrogens (tertiary/aromatic N) is 5. The monoisotopic (exact) mass is 323 g/mol. The van der Waals surface area contributed by atoms with Gasteiger partial charge in [-0.2, -0.15) is 0 Å². The summed E-state index contributed by atoms with van der Waals surface area (Å²) in [6, 6.07) is 13.5. The fourth-order valence-electron chi connectivity index (χ4n) is 2.53. The molecule has 0 amide bonds. The Morgan fingerprint density at radius 1 is 1.12 bits per heavy atom. The first kappa shape index (κ1) is 16.1. The first-order valence-corrected chi connectivity index (χ1v) is 7.90. The van der Waals surface area contributed by atoms with Gasteiger partial charge in [0.05, 0.1) is 6.10 Å². The molecule has 0 aliphatic heterocycles. The Hall–Kier alpha value is -2.73. The third-order valence-corrected chi connectivity index (χ3v) is 4.01. The van der Waals surface area contributed by atoms with Crippen LogP contribution >= 0.6 is 0 Å². The van der Waals surface area contributed by atoms with E-state index in [9.17, 15) is 5.11 Å². The molecule has 6 nitrogen and oxygen atoms in total. The maximum absolute atomic E-state index is 10.2. The quantitative estimate of drug-likeness (QED) is 0.755. The fraction of sp³-hybridized carbons (Fsp3) is 0.278. The van der Waals surface area contributed by atoms with E-state index >= 15 is 0 Å². The molecule has 124 valence electrons. The Balaban J connectivity index is 1.61. The maximum atomic E-state index is 10.2. The summed E-state index contributed by atoms with van der Waals surface area (Å²) >= 11 is 0. The van der Waals surface area contributed by atoms with E-state index in [1.807, 2.05) is 72.2 Å². The van der Waals surface area contributed by atoms with Crippen molar-refractivity contribution in [3.63, 3.8) is 0 Å². The van der Waals surface area contributed by atoms with Crippen LogP contribution in [0.25, 0.3) is 11.5 Å². The summed E-state index contributed by atoms with van der Waals surface area (Å²) < 4.78 is 1.91. The van der Waals surface area contributed by atoms with Gasteiger partial charge in [-0.05, 0) is 24.1 Å². The molecule has 1 N–H and O–H groups in total. The van der Waals surface area contributed by atoms with Crippen molar-refractivity contribution < 1.29 is 5.11 Å². The predicted octanol–water partition coefficient (Wildman–Crippen LogP) is 2.44. The lowest BCUT2D eigenvalue weighted by molar-refractivity contribution is 0.169. The van der Waals surface area contributed by atoms with Crippen molar-refractivity contribution in [3.8, 4) is 11.5 Å². The zero-order valence-electron chi connectivity index (χ0n) is 13.9. The van der Waals surface area contributed by atoms with E-state index in [0.29, 0.717) is 13.0 Å². The highest BCUT2D eigenvalue weighted by molar-refractivity contribution is 5.51. The average molecular weight is 323 g/mol. The maximum Gasteiger partial charge on any atom is 0.160 e. The van der Waals surface area contributed by atoms with Gasteiger partial charge in [0.15, 0.2) is 11.6 Å². The van der Waals surface area contributed by atoms with Crippen molar-refractivity contribution in [3.05, 3.63) is 60.4 Å². The van der Waals surface area contributed by atoms with Crippen molar-refractivity contribution in [1.82, 2.24) is 19.7 Å². The lowest BCUT2D eigenvalue weighted by atomic mass is 10.1. The van der Waals surface area contributed by atoms with E-state index in [1.165, 1.54) is 0 Å². The number of aliphatic hydroxyl groups is 1. The summed E-state index contributed by atoms with van der Waals surface area (Å²) in [4.78, 5) is 6.25. The second kappa shape index (κ2) is 7.23. The summed E-state index contributed by atoms with van der Waals surface area (Å²) in [5.41, 5.74) is 1.67. The predicted molar refractivity (Wildman–Crippen MR) is 93.5 cm³/mol. The summed E-state index contributed by atoms with van der Waals surface area (Å²) in [6.45, 7) is 0.687. The van der Waals surface area contributed by atoms with Gasteiger partial charge in [0.1, 0.15) is 5.69 Å². The van der Waals surface area contributed by atoms with E-state index in [-0.39, 0.29) is 0 Å². The first-order chi connectivity index (χ1) is 11.6. The summed E-state index contributed by atoms with van der Waals surface area (Å²) in [7, 11) is 3.87. The number of anilines is 1. The summed E-state index contributed by atoms with van der Waals surface area (Å²) in [5, 5.41) is 18.8. The van der Waals surface area contributed by atoms with Crippen molar-refractivity contribution in [2.45, 2.75) is 12.5 Å². The number of hydrogen-bond donors (Lipinski definition) is 1. The largest absolute Gasteiger partial charge is 0.388 e. The molecule has 2 heterocycles. The molecule has 0 bridgehead atoms. The fourth-order valence-corrected chi connectivity index (χ4v) is 2.53. The number of rotatable bonds is 6. The molecule has 0 saturated carbocycles. The first-order valence-electron chi connectivity index (χ1n) is 7.90. The topological polar surface area (TPSA) is 67.1 Å². The van der Waals surface area contributed by atoms with E-state index < -0.39 is 6.10 Å². The number of aliphatic hydroxyl groups excluding tert-OH is 1. The van der Waals surface area contributed by atoms with Crippen LogP contribution in [0.5, 0.6) is 0 Å². The van der Waals surface area contributed by atoms with Gasteiger partial charge in [-0.15, -0.1) is 10.2 Å². The normalized spacial score (nSPS) is 12.1. The minimum Gasteiger partial charge on any atom is -0.388 e. The molecule has 0 spiro atoms. The number of imidazole rings is 1. The molecule has 0 radical (unpaired) electrons. The van der Waals surface area contributed by atoms with Crippen LogP contribution in [0.4, 0.5) is 5.82 Å². The van der Waals surface area contributed by atoms with Gasteiger partial charge < -0.3 is 14.6 Å². The van der Waals surface area contributed by atoms with E-state index in [1.54, 1.807) is 6.20 Å². The van der Waals surface area contributed by atoms with Gasteiger partial charge >= 0.3 is 0 Å². The highest BCUT2D eigenvalue weighted by atomic mass is 16.3. The second-order valence-corrected chi connectivity index (χ2v) is 5.78. The van der Waals surface area contributed by atoms with Gasteiger partial charge in [-0.3, -0.25) is 0 Å². The van der Waals surface area contributed by atoms with Crippen LogP contribution in [0.2, 0.25) is 0 Å². The van der Waals surface area contributed by atoms with Crippen LogP contribution in [0.15, 0.2) is 54.9 Å². The minimum absolute atomic E-state index is 0.478. The number of aromatic nitrogens is 4. The van der Waals surface area contributed by atoms with Crippen molar-refractivity contribution >= 4 is 5.82 Å². The Labute approximate surface area is 141 Å². The molecule has 0 fully saturated rings. The Kier molecular flexibility index (Phi) is 4.86. The van der Waals surface area contributed by atoms with Gasteiger partial charge in [-0.25, -0.2) is 4.98 Å². The lowest BCUT2D eigenvalue weighted by Gasteiger charge is -2.20. The molecule has 0 aliphatic rings. The zero-order valence-corrected chi connectivity index (χ0v) is 13.9. The highest BCUT2D eigenvalue weighted by Crippen LogP contribution is 2.19. The molecule has 1 aromatic carbocycles. The van der Waals surface area contributed by atoms with Crippen molar-refractivity contribution in [1.29, 1.82) is 0 Å². The molecule has 3 aromatic rings. The van der Waals surface area contributed by atoms with Crippen LogP contribution in [0.3, 0.4) is 0 Å². The Morgan fingerprint density at radius 2 is 1.92 bits per heavy atom. The molecular formula is C18H21N5O. The molecule has 3 rings (SSSR count). The number of aryl methyl sites for hydroxylation is 1. The molecule has 0 unspecified atom stereocenters. The van der Waals surface area contributed by atoms with Crippen LogP contribution in [-0.2, 0) is 7.05 Å². The van der Waals surface area contributed by atoms with Crippen LogP contribution < -0.4 is 4.90 Å². The minimum atomic E-state index is -0.478. The lowest BCUT2D eigenvalue weighted by Crippen LogP contribution is -2.22. The smallest absolute Gasteiger partial charge is 0.160 e. The molecule has 6 heteroatoms. The van der Waals surface area contributed by atoms with Gasteiger partial charge in [0.2, 0.25) is 0 Å². The van der Waals surface area contributed by atoms with Gasteiger partial charge in [0, 0.05) is 33.0 Å². The van der Waals surface area contributed by atoms with Crippen LogP contribution in [0.1, 0.15) is 18.1 Å². The Morgan fingerprint density at radius 3 is 2.54 bits per heavy atom. The molecule has 0 aliphatic carbocycles.